The molecule has 1 aromatic heterocycles. The van der Waals surface area contributed by atoms with E-state index in [1.54, 1.807) is 17.0 Å². The predicted octanol–water partition coefficient (Wildman–Crippen LogP) is -0.161. The molecule has 1 aliphatic carbocycles. The fourth-order valence-electron chi connectivity index (χ4n) is 1.48. The molecule has 0 aliphatic heterocycles. The van der Waals surface area contributed by atoms with Crippen molar-refractivity contribution in [2.24, 2.45) is 5.73 Å². The van der Waals surface area contributed by atoms with Crippen molar-refractivity contribution < 1.29 is 0 Å². The van der Waals surface area contributed by atoms with Crippen LogP contribution in [0.25, 0.3) is 0 Å². The summed E-state index contributed by atoms with van der Waals surface area (Å²) >= 11 is 0. The zero-order valence-electron chi connectivity index (χ0n) is 6.16. The summed E-state index contributed by atoms with van der Waals surface area (Å²) in [5.41, 5.74) is 5.57. The van der Waals surface area contributed by atoms with Crippen LogP contribution in [0.5, 0.6) is 0 Å². The first-order valence-electron chi connectivity index (χ1n) is 3.78. The normalized spacial score (nSPS) is 29.9. The standard InChI is InChI=1S/C7H11N3O/c8-5-3-6(4-5)10-2-1-9-7(10)11/h1-2,5-6H,3-4,8H2,(H,9,11). The van der Waals surface area contributed by atoms with Crippen molar-refractivity contribution in [1.82, 2.24) is 9.55 Å². The molecule has 2 rings (SSSR count). The van der Waals surface area contributed by atoms with Crippen molar-refractivity contribution in [2.45, 2.75) is 24.9 Å². The van der Waals surface area contributed by atoms with Crippen LogP contribution in [0.1, 0.15) is 18.9 Å². The van der Waals surface area contributed by atoms with Crippen molar-refractivity contribution in [2.75, 3.05) is 0 Å². The Bertz CT molecular complexity index is 295. The molecule has 0 unspecified atom stereocenters. The smallest absolute Gasteiger partial charge is 0.325 e. The van der Waals surface area contributed by atoms with Gasteiger partial charge in [0.2, 0.25) is 0 Å². The highest BCUT2D eigenvalue weighted by Gasteiger charge is 2.27. The second-order valence-electron chi connectivity index (χ2n) is 3.06. The number of hydrogen-bond donors (Lipinski definition) is 2. The van der Waals surface area contributed by atoms with Gasteiger partial charge in [-0.1, -0.05) is 0 Å². The van der Waals surface area contributed by atoms with Crippen LogP contribution >= 0.6 is 0 Å². The zero-order chi connectivity index (χ0) is 7.84. The van der Waals surface area contributed by atoms with E-state index >= 15 is 0 Å². The van der Waals surface area contributed by atoms with Crippen molar-refractivity contribution in [3.05, 3.63) is 22.9 Å². The maximum Gasteiger partial charge on any atom is 0.325 e. The molecular formula is C7H11N3O. The molecule has 3 N–H and O–H groups in total. The van der Waals surface area contributed by atoms with E-state index in [-0.39, 0.29) is 5.69 Å². The largest absolute Gasteiger partial charge is 0.328 e. The minimum Gasteiger partial charge on any atom is -0.328 e. The van der Waals surface area contributed by atoms with Gasteiger partial charge in [0.25, 0.3) is 0 Å². The summed E-state index contributed by atoms with van der Waals surface area (Å²) in [5.74, 6) is 0. The number of hydrogen-bond acceptors (Lipinski definition) is 2. The summed E-state index contributed by atoms with van der Waals surface area (Å²) in [4.78, 5) is 13.6. The molecule has 1 saturated carbocycles. The molecule has 0 radical (unpaired) electrons. The molecule has 0 atom stereocenters. The number of nitrogens with zero attached hydrogens (tertiary/aromatic N) is 1. The summed E-state index contributed by atoms with van der Waals surface area (Å²) < 4.78 is 1.71. The topological polar surface area (TPSA) is 63.8 Å². The molecular weight excluding hydrogens is 142 g/mol. The average molecular weight is 153 g/mol. The summed E-state index contributed by atoms with van der Waals surface area (Å²) in [5, 5.41) is 0. The molecule has 1 heterocycles. The van der Waals surface area contributed by atoms with Gasteiger partial charge in [-0.15, -0.1) is 0 Å². The highest BCUT2D eigenvalue weighted by atomic mass is 16.1. The molecule has 4 heteroatoms. The molecule has 1 aliphatic rings. The number of aromatic amines is 1. The lowest BCUT2D eigenvalue weighted by atomic mass is 9.87. The Labute approximate surface area is 64.0 Å². The summed E-state index contributed by atoms with van der Waals surface area (Å²) in [6.45, 7) is 0. The minimum atomic E-state index is -0.0260. The Morgan fingerprint density at radius 1 is 1.64 bits per heavy atom. The molecule has 0 amide bonds. The predicted molar refractivity (Wildman–Crippen MR) is 41.3 cm³/mol. The van der Waals surface area contributed by atoms with E-state index in [9.17, 15) is 4.79 Å². The Balaban J connectivity index is 2.19. The lowest BCUT2D eigenvalue weighted by molar-refractivity contribution is 0.261. The van der Waals surface area contributed by atoms with E-state index in [0.29, 0.717) is 12.1 Å². The zero-order valence-corrected chi connectivity index (χ0v) is 6.16. The van der Waals surface area contributed by atoms with E-state index in [1.807, 2.05) is 0 Å². The SMILES string of the molecule is NC1CC(n2cc[nH]c2=O)C1. The maximum absolute atomic E-state index is 11.0. The van der Waals surface area contributed by atoms with Crippen molar-refractivity contribution in [3.8, 4) is 0 Å². The quantitative estimate of drug-likeness (QED) is 0.588. The van der Waals surface area contributed by atoms with E-state index in [1.165, 1.54) is 0 Å². The van der Waals surface area contributed by atoms with E-state index < -0.39 is 0 Å². The Hall–Kier alpha value is -1.03. The number of nitrogens with two attached hydrogens (primary N) is 1. The van der Waals surface area contributed by atoms with Gasteiger partial charge in [-0.2, -0.15) is 0 Å². The van der Waals surface area contributed by atoms with Gasteiger partial charge in [0, 0.05) is 24.5 Å². The van der Waals surface area contributed by atoms with Gasteiger partial charge >= 0.3 is 5.69 Å². The third kappa shape index (κ3) is 0.991. The van der Waals surface area contributed by atoms with Gasteiger partial charge in [0.1, 0.15) is 0 Å². The first-order chi connectivity index (χ1) is 5.27. The molecule has 4 nitrogen and oxygen atoms in total. The molecule has 1 fully saturated rings. The van der Waals surface area contributed by atoms with Gasteiger partial charge in [-0.3, -0.25) is 4.57 Å². The van der Waals surface area contributed by atoms with Crippen LogP contribution in [0.2, 0.25) is 0 Å². The number of rotatable bonds is 1. The van der Waals surface area contributed by atoms with Crippen LogP contribution in [-0.4, -0.2) is 15.6 Å². The van der Waals surface area contributed by atoms with Crippen LogP contribution in [0.4, 0.5) is 0 Å². The van der Waals surface area contributed by atoms with Crippen LogP contribution < -0.4 is 11.4 Å². The van der Waals surface area contributed by atoms with E-state index in [4.69, 9.17) is 5.73 Å². The first kappa shape index (κ1) is 6.67. The molecule has 11 heavy (non-hydrogen) atoms. The molecule has 1 aromatic rings. The minimum absolute atomic E-state index is 0.0260. The van der Waals surface area contributed by atoms with E-state index in [0.717, 1.165) is 12.8 Å². The van der Waals surface area contributed by atoms with Gasteiger partial charge < -0.3 is 10.7 Å². The molecule has 0 bridgehead atoms. The summed E-state index contributed by atoms with van der Waals surface area (Å²) in [7, 11) is 0. The lowest BCUT2D eigenvalue weighted by Crippen LogP contribution is -2.40. The molecule has 0 saturated heterocycles. The van der Waals surface area contributed by atoms with Crippen LogP contribution in [-0.2, 0) is 0 Å². The van der Waals surface area contributed by atoms with Gasteiger partial charge in [0.15, 0.2) is 0 Å². The van der Waals surface area contributed by atoms with Crippen LogP contribution in [0, 0.1) is 0 Å². The maximum atomic E-state index is 11.0. The van der Waals surface area contributed by atoms with Crippen molar-refractivity contribution >= 4 is 0 Å². The van der Waals surface area contributed by atoms with Crippen LogP contribution in [0.15, 0.2) is 17.2 Å². The van der Waals surface area contributed by atoms with Crippen molar-refractivity contribution in [1.29, 1.82) is 0 Å². The number of aromatic nitrogens is 2. The number of nitrogens with one attached hydrogen (secondary N) is 1. The van der Waals surface area contributed by atoms with E-state index in [2.05, 4.69) is 4.98 Å². The number of H-pyrrole nitrogens is 1. The second kappa shape index (κ2) is 2.23. The monoisotopic (exact) mass is 153 g/mol. The first-order valence-corrected chi connectivity index (χ1v) is 3.78. The second-order valence-corrected chi connectivity index (χ2v) is 3.06. The number of imidazole rings is 1. The average Bonchev–Trinajstić information content (AvgIpc) is 2.29. The summed E-state index contributed by atoms with van der Waals surface area (Å²) in [6, 6.07) is 0.630. The Morgan fingerprint density at radius 2 is 2.36 bits per heavy atom. The Kier molecular flexibility index (Phi) is 1.35. The van der Waals surface area contributed by atoms with Gasteiger partial charge in [0.05, 0.1) is 0 Å². The third-order valence-electron chi connectivity index (χ3n) is 2.22. The lowest BCUT2D eigenvalue weighted by Gasteiger charge is -2.32. The van der Waals surface area contributed by atoms with Gasteiger partial charge in [-0.25, -0.2) is 4.79 Å². The fraction of sp³-hybridized carbons (Fsp3) is 0.571. The summed E-state index contributed by atoms with van der Waals surface area (Å²) in [6.07, 6.45) is 5.29. The molecule has 0 aromatic carbocycles. The third-order valence-corrected chi connectivity index (χ3v) is 2.22. The van der Waals surface area contributed by atoms with Crippen LogP contribution in [0.3, 0.4) is 0 Å². The van der Waals surface area contributed by atoms with Crippen molar-refractivity contribution in [3.63, 3.8) is 0 Å². The molecule has 0 spiro atoms. The highest BCUT2D eigenvalue weighted by molar-refractivity contribution is 4.91. The molecule has 60 valence electrons. The van der Waals surface area contributed by atoms with Gasteiger partial charge in [-0.05, 0) is 12.8 Å². The Morgan fingerprint density at radius 3 is 2.82 bits per heavy atom. The highest BCUT2D eigenvalue weighted by Crippen LogP contribution is 2.28. The fourth-order valence-corrected chi connectivity index (χ4v) is 1.48.